The van der Waals surface area contributed by atoms with Crippen molar-refractivity contribution in [2.45, 2.75) is 61.7 Å². The van der Waals surface area contributed by atoms with Crippen LogP contribution in [0.15, 0.2) is 28.0 Å². The van der Waals surface area contributed by atoms with Gasteiger partial charge in [0, 0.05) is 32.4 Å². The number of aliphatic hydroxyl groups excluding tert-OH is 1. The summed E-state index contributed by atoms with van der Waals surface area (Å²) in [6, 6.07) is 0.0506. The number of nitrogens with zero attached hydrogens (tertiary/aromatic N) is 5. The van der Waals surface area contributed by atoms with Crippen LogP contribution >= 0.6 is 15.9 Å². The number of hydrogen-bond acceptors (Lipinski definition) is 8. The van der Waals surface area contributed by atoms with Gasteiger partial charge in [0.05, 0.1) is 23.0 Å². The molecule has 4 rings (SSSR count). The minimum Gasteiger partial charge on any atom is -0.471 e. The van der Waals surface area contributed by atoms with Gasteiger partial charge in [0.25, 0.3) is 0 Å². The van der Waals surface area contributed by atoms with Crippen molar-refractivity contribution in [1.82, 2.24) is 24.1 Å². The van der Waals surface area contributed by atoms with Crippen LogP contribution in [-0.2, 0) is 17.1 Å². The van der Waals surface area contributed by atoms with Gasteiger partial charge in [-0.05, 0) is 48.0 Å². The van der Waals surface area contributed by atoms with Crippen molar-refractivity contribution in [3.8, 4) is 5.88 Å². The third-order valence-corrected chi connectivity index (χ3v) is 8.14. The lowest BCUT2D eigenvalue weighted by molar-refractivity contribution is 0.00408. The van der Waals surface area contributed by atoms with Gasteiger partial charge in [-0.15, -0.1) is 0 Å². The molecule has 1 aliphatic heterocycles. The maximum Gasteiger partial charge on any atom is 0.246 e. The Morgan fingerprint density at radius 1 is 1.19 bits per heavy atom. The Balaban J connectivity index is 1.36. The summed E-state index contributed by atoms with van der Waals surface area (Å²) in [7, 11) is -1.84. The molecule has 12 heteroatoms. The summed E-state index contributed by atoms with van der Waals surface area (Å²) in [4.78, 5) is 8.99. The molecule has 2 unspecified atom stereocenters. The highest BCUT2D eigenvalue weighted by atomic mass is 79.9. The minimum atomic E-state index is -3.53. The summed E-state index contributed by atoms with van der Waals surface area (Å²) in [5.41, 5.74) is 0. The molecule has 1 saturated carbocycles. The monoisotopic (exact) mass is 514 g/mol. The number of rotatable bonds is 6. The van der Waals surface area contributed by atoms with Gasteiger partial charge in [-0.1, -0.05) is 6.42 Å². The van der Waals surface area contributed by atoms with Crippen LogP contribution in [0.2, 0.25) is 0 Å². The lowest BCUT2D eigenvalue weighted by Gasteiger charge is -2.31. The minimum absolute atomic E-state index is 0.0506. The van der Waals surface area contributed by atoms with E-state index in [9.17, 15) is 13.5 Å². The number of aliphatic hydroxyl groups is 1. The first-order valence-electron chi connectivity index (χ1n) is 10.5. The van der Waals surface area contributed by atoms with E-state index in [1.165, 1.54) is 21.4 Å². The molecule has 0 amide bonds. The molecule has 3 heterocycles. The first kappa shape index (κ1) is 22.4. The maximum atomic E-state index is 12.7. The van der Waals surface area contributed by atoms with E-state index in [-0.39, 0.29) is 17.0 Å². The molecule has 2 aliphatic rings. The zero-order chi connectivity index (χ0) is 22.0. The molecular weight excluding hydrogens is 488 g/mol. The highest BCUT2D eigenvalue weighted by molar-refractivity contribution is 9.10. The average Bonchev–Trinajstić information content (AvgIpc) is 3.20. The van der Waals surface area contributed by atoms with Crippen molar-refractivity contribution in [3.63, 3.8) is 0 Å². The molecule has 0 bridgehead atoms. The second-order valence-electron chi connectivity index (χ2n) is 8.03. The van der Waals surface area contributed by atoms with Crippen molar-refractivity contribution in [3.05, 3.63) is 23.1 Å². The molecule has 1 aliphatic carbocycles. The van der Waals surface area contributed by atoms with E-state index in [1.807, 2.05) is 0 Å². The summed E-state index contributed by atoms with van der Waals surface area (Å²) >= 11 is 3.42. The molecular formula is C19H27BrN6O4S. The van der Waals surface area contributed by atoms with Gasteiger partial charge >= 0.3 is 0 Å². The highest BCUT2D eigenvalue weighted by Crippen LogP contribution is 2.29. The van der Waals surface area contributed by atoms with Crippen molar-refractivity contribution in [2.75, 3.05) is 18.4 Å². The van der Waals surface area contributed by atoms with Crippen LogP contribution in [0, 0.1) is 0 Å². The molecule has 2 aromatic rings. The molecule has 2 aromatic heterocycles. The van der Waals surface area contributed by atoms with Crippen LogP contribution in [0.4, 0.5) is 5.95 Å². The Labute approximate surface area is 190 Å². The molecule has 2 fully saturated rings. The number of nitrogens with one attached hydrogen (secondary N) is 1. The topological polar surface area (TPSA) is 122 Å². The molecule has 0 radical (unpaired) electrons. The van der Waals surface area contributed by atoms with Crippen molar-refractivity contribution in [2.24, 2.45) is 7.05 Å². The van der Waals surface area contributed by atoms with E-state index in [1.54, 1.807) is 13.2 Å². The Morgan fingerprint density at radius 2 is 1.94 bits per heavy atom. The Hall–Kier alpha value is -1.76. The summed E-state index contributed by atoms with van der Waals surface area (Å²) in [6.45, 7) is 0.812. The van der Waals surface area contributed by atoms with Gasteiger partial charge in [-0.25, -0.2) is 13.4 Å². The third-order valence-electron chi connectivity index (χ3n) is 5.75. The molecule has 2 atom stereocenters. The van der Waals surface area contributed by atoms with Crippen molar-refractivity contribution < 1.29 is 18.3 Å². The number of piperidine rings is 1. The fourth-order valence-corrected chi connectivity index (χ4v) is 5.71. The van der Waals surface area contributed by atoms with Gasteiger partial charge < -0.3 is 15.2 Å². The van der Waals surface area contributed by atoms with E-state index in [2.05, 4.69) is 36.3 Å². The van der Waals surface area contributed by atoms with Crippen LogP contribution in [0.3, 0.4) is 0 Å². The lowest BCUT2D eigenvalue weighted by Crippen LogP contribution is -2.42. The number of aryl methyl sites for hydroxylation is 1. The fraction of sp³-hybridized carbons (Fsp3) is 0.632. The van der Waals surface area contributed by atoms with Gasteiger partial charge in [0.1, 0.15) is 11.0 Å². The van der Waals surface area contributed by atoms with E-state index in [0.29, 0.717) is 42.2 Å². The molecule has 10 nitrogen and oxygen atoms in total. The fourth-order valence-electron chi connectivity index (χ4n) is 3.97. The molecule has 0 aromatic carbocycles. The number of halogens is 1. The largest absolute Gasteiger partial charge is 0.471 e. The first-order valence-corrected chi connectivity index (χ1v) is 12.7. The quantitative estimate of drug-likeness (QED) is 0.599. The lowest BCUT2D eigenvalue weighted by atomic mass is 9.95. The Bertz CT molecular complexity index is 1010. The summed E-state index contributed by atoms with van der Waals surface area (Å²) in [5.74, 6) is 0.831. The number of hydrogen-bond donors (Lipinski definition) is 2. The highest BCUT2D eigenvalue weighted by Gasteiger charge is 2.31. The maximum absolute atomic E-state index is 12.7. The number of anilines is 1. The normalized spacial score (nSPS) is 23.6. The standard InChI is InChI=1S/C19H27BrN6O4S/c1-25-12-14(10-22-25)31(28,29)26-8-6-13(7-9-26)23-19-21-11-15(20)18(24-19)30-17-5-3-2-4-16(17)27/h10-13,16-17,27H,2-9H2,1H3,(H,21,23,24). The second kappa shape index (κ2) is 9.39. The van der Waals surface area contributed by atoms with E-state index < -0.39 is 16.1 Å². The predicted octanol–water partition coefficient (Wildman–Crippen LogP) is 1.92. The summed E-state index contributed by atoms with van der Waals surface area (Å²) in [6.07, 6.45) is 8.59. The van der Waals surface area contributed by atoms with Crippen LogP contribution in [0.25, 0.3) is 0 Å². The first-order chi connectivity index (χ1) is 14.8. The van der Waals surface area contributed by atoms with Crippen molar-refractivity contribution in [1.29, 1.82) is 0 Å². The summed E-state index contributed by atoms with van der Waals surface area (Å²) < 4.78 is 35.1. The van der Waals surface area contributed by atoms with Gasteiger partial charge in [-0.3, -0.25) is 4.68 Å². The van der Waals surface area contributed by atoms with Crippen molar-refractivity contribution >= 4 is 31.9 Å². The Morgan fingerprint density at radius 3 is 2.61 bits per heavy atom. The molecule has 2 N–H and O–H groups in total. The number of sulfonamides is 1. The summed E-state index contributed by atoms with van der Waals surface area (Å²) in [5, 5.41) is 17.4. The number of ether oxygens (including phenoxy) is 1. The molecule has 0 spiro atoms. The zero-order valence-electron chi connectivity index (χ0n) is 17.3. The van der Waals surface area contributed by atoms with Crippen LogP contribution < -0.4 is 10.1 Å². The van der Waals surface area contributed by atoms with Crippen LogP contribution in [-0.4, -0.2) is 68.9 Å². The zero-order valence-corrected chi connectivity index (χ0v) is 19.7. The van der Waals surface area contributed by atoms with E-state index in [4.69, 9.17) is 4.74 Å². The molecule has 1 saturated heterocycles. The Kier molecular flexibility index (Phi) is 6.80. The predicted molar refractivity (Wildman–Crippen MR) is 117 cm³/mol. The van der Waals surface area contributed by atoms with Crippen LogP contribution in [0.5, 0.6) is 5.88 Å². The number of aromatic nitrogens is 4. The SMILES string of the molecule is Cn1cc(S(=O)(=O)N2CCC(Nc3ncc(Br)c(OC4CCCCC4O)n3)CC2)cn1. The van der Waals surface area contributed by atoms with Gasteiger partial charge in [0.2, 0.25) is 21.9 Å². The average molecular weight is 515 g/mol. The molecule has 31 heavy (non-hydrogen) atoms. The van der Waals surface area contributed by atoms with Gasteiger partial charge in [-0.2, -0.15) is 14.4 Å². The second-order valence-corrected chi connectivity index (χ2v) is 10.8. The van der Waals surface area contributed by atoms with E-state index in [0.717, 1.165) is 25.7 Å². The molecule has 170 valence electrons. The smallest absolute Gasteiger partial charge is 0.246 e. The third kappa shape index (κ3) is 5.18. The van der Waals surface area contributed by atoms with Gasteiger partial charge in [0.15, 0.2) is 0 Å². The van der Waals surface area contributed by atoms with Crippen LogP contribution in [0.1, 0.15) is 38.5 Å². The van der Waals surface area contributed by atoms with E-state index >= 15 is 0 Å².